The maximum Gasteiger partial charge on any atom is 0.407 e. The van der Waals surface area contributed by atoms with Crippen molar-refractivity contribution in [2.75, 3.05) is 0 Å². The van der Waals surface area contributed by atoms with Crippen molar-refractivity contribution in [3.8, 4) is 0 Å². The van der Waals surface area contributed by atoms with Crippen molar-refractivity contribution in [1.29, 1.82) is 0 Å². The lowest BCUT2D eigenvalue weighted by Gasteiger charge is -2.30. The van der Waals surface area contributed by atoms with Crippen LogP contribution in [0.25, 0.3) is 0 Å². The molecule has 25 heavy (non-hydrogen) atoms. The van der Waals surface area contributed by atoms with Gasteiger partial charge in [-0.25, -0.2) is 13.2 Å². The Morgan fingerprint density at radius 2 is 1.56 bits per heavy atom. The normalized spacial score (nSPS) is 15.7. The predicted molar refractivity (Wildman–Crippen MR) is 104 cm³/mol. The lowest BCUT2D eigenvalue weighted by atomic mass is 10.0. The van der Waals surface area contributed by atoms with Crippen molar-refractivity contribution < 1.29 is 17.9 Å². The van der Waals surface area contributed by atoms with Gasteiger partial charge in [-0.3, -0.25) is 0 Å². The standard InChI is InChI=1S/C18H28BrNO4S/c1-11(2)17(20-18(21)24-12(3)4)14(6)25(22,23)13(5)15-7-9-16(19)10-8-15/h7-14,17H,1-6H3,(H,20,21). The number of hydrogen-bond donors (Lipinski definition) is 1. The van der Waals surface area contributed by atoms with Crippen LogP contribution in [0, 0.1) is 5.92 Å². The van der Waals surface area contributed by atoms with Crippen LogP contribution in [0.2, 0.25) is 0 Å². The van der Waals surface area contributed by atoms with Crippen molar-refractivity contribution in [1.82, 2.24) is 5.32 Å². The number of alkyl carbamates (subject to hydrolysis) is 1. The Bertz CT molecular complexity index is 671. The summed E-state index contributed by atoms with van der Waals surface area (Å²) in [5.41, 5.74) is 0.724. The molecule has 1 aromatic rings. The SMILES string of the molecule is CC(C)OC(=O)NC(C(C)C)C(C)S(=O)(=O)C(C)c1ccc(Br)cc1. The Labute approximate surface area is 159 Å². The zero-order chi connectivity index (χ0) is 19.4. The molecule has 0 aromatic heterocycles. The first-order chi connectivity index (χ1) is 11.5. The van der Waals surface area contributed by atoms with Gasteiger partial charge in [0, 0.05) is 4.47 Å². The molecule has 5 nitrogen and oxygen atoms in total. The van der Waals surface area contributed by atoms with Gasteiger partial charge in [0.05, 0.1) is 22.6 Å². The summed E-state index contributed by atoms with van der Waals surface area (Å²) in [4.78, 5) is 11.9. The summed E-state index contributed by atoms with van der Waals surface area (Å²) in [7, 11) is -3.51. The molecule has 0 bridgehead atoms. The highest BCUT2D eigenvalue weighted by Gasteiger charge is 2.37. The van der Waals surface area contributed by atoms with Gasteiger partial charge in [0.15, 0.2) is 9.84 Å². The first-order valence-electron chi connectivity index (χ1n) is 8.42. The number of carbonyl (C=O) groups is 1. The largest absolute Gasteiger partial charge is 0.447 e. The highest BCUT2D eigenvalue weighted by atomic mass is 79.9. The van der Waals surface area contributed by atoms with Crippen molar-refractivity contribution >= 4 is 31.9 Å². The van der Waals surface area contributed by atoms with E-state index in [-0.39, 0.29) is 12.0 Å². The quantitative estimate of drug-likeness (QED) is 0.687. The van der Waals surface area contributed by atoms with Crippen LogP contribution in [0.4, 0.5) is 4.79 Å². The molecule has 0 fully saturated rings. The predicted octanol–water partition coefficient (Wildman–Crippen LogP) is 4.47. The van der Waals surface area contributed by atoms with Gasteiger partial charge < -0.3 is 10.1 Å². The maximum atomic E-state index is 13.1. The first kappa shape index (κ1) is 22.0. The van der Waals surface area contributed by atoms with Gasteiger partial charge >= 0.3 is 6.09 Å². The third-order valence-electron chi connectivity index (χ3n) is 4.20. The number of rotatable bonds is 7. The smallest absolute Gasteiger partial charge is 0.407 e. The van der Waals surface area contributed by atoms with E-state index in [1.54, 1.807) is 39.8 Å². The lowest BCUT2D eigenvalue weighted by molar-refractivity contribution is 0.109. The molecule has 0 saturated carbocycles. The van der Waals surface area contributed by atoms with E-state index in [1.807, 2.05) is 26.0 Å². The van der Waals surface area contributed by atoms with Gasteiger partial charge in [-0.05, 0) is 51.3 Å². The zero-order valence-corrected chi connectivity index (χ0v) is 18.0. The molecule has 1 amide bonds. The molecule has 3 atom stereocenters. The summed E-state index contributed by atoms with van der Waals surface area (Å²) in [6.07, 6.45) is -0.853. The molecule has 0 saturated heterocycles. The van der Waals surface area contributed by atoms with E-state index in [0.29, 0.717) is 0 Å². The molecule has 3 unspecified atom stereocenters. The number of benzene rings is 1. The lowest BCUT2D eigenvalue weighted by Crippen LogP contribution is -2.49. The minimum atomic E-state index is -3.51. The van der Waals surface area contributed by atoms with Crippen LogP contribution in [-0.4, -0.2) is 31.9 Å². The second kappa shape index (κ2) is 9.03. The number of carbonyl (C=O) groups excluding carboxylic acids is 1. The van der Waals surface area contributed by atoms with E-state index >= 15 is 0 Å². The molecule has 0 aliphatic heterocycles. The third kappa shape index (κ3) is 5.99. The van der Waals surface area contributed by atoms with Crippen LogP contribution in [0.1, 0.15) is 52.4 Å². The fraction of sp³-hybridized carbons (Fsp3) is 0.611. The monoisotopic (exact) mass is 433 g/mol. The molecule has 0 heterocycles. The van der Waals surface area contributed by atoms with E-state index in [9.17, 15) is 13.2 Å². The zero-order valence-electron chi connectivity index (χ0n) is 15.6. The van der Waals surface area contributed by atoms with Gasteiger partial charge in [-0.15, -0.1) is 0 Å². The second-order valence-electron chi connectivity index (χ2n) is 6.86. The van der Waals surface area contributed by atoms with Crippen molar-refractivity contribution in [2.24, 2.45) is 5.92 Å². The fourth-order valence-corrected chi connectivity index (χ4v) is 4.90. The number of hydrogen-bond acceptors (Lipinski definition) is 4. The van der Waals surface area contributed by atoms with Crippen LogP contribution in [0.15, 0.2) is 28.7 Å². The minimum absolute atomic E-state index is 0.0541. The number of halogens is 1. The Balaban J connectivity index is 3.03. The van der Waals surface area contributed by atoms with Crippen LogP contribution < -0.4 is 5.32 Å². The van der Waals surface area contributed by atoms with Crippen LogP contribution in [0.5, 0.6) is 0 Å². The van der Waals surface area contributed by atoms with Gasteiger partial charge in [-0.1, -0.05) is 41.9 Å². The summed E-state index contributed by atoms with van der Waals surface area (Å²) >= 11 is 3.35. The molecule has 0 radical (unpaired) electrons. The Kier molecular flexibility index (Phi) is 7.93. The molecule has 1 rings (SSSR count). The third-order valence-corrected chi connectivity index (χ3v) is 7.32. The van der Waals surface area contributed by atoms with Crippen molar-refractivity contribution in [3.63, 3.8) is 0 Å². The molecule has 1 N–H and O–H groups in total. The molecule has 0 aliphatic rings. The van der Waals surface area contributed by atoms with Crippen molar-refractivity contribution in [3.05, 3.63) is 34.3 Å². The van der Waals surface area contributed by atoms with Crippen LogP contribution in [0.3, 0.4) is 0 Å². The summed E-state index contributed by atoms with van der Waals surface area (Å²) < 4.78 is 32.1. The van der Waals surface area contributed by atoms with Gasteiger partial charge in [0.2, 0.25) is 0 Å². The van der Waals surface area contributed by atoms with E-state index in [2.05, 4.69) is 21.2 Å². The number of ether oxygens (including phenoxy) is 1. The number of nitrogens with one attached hydrogen (secondary N) is 1. The molecular formula is C18H28BrNO4S. The molecule has 1 aromatic carbocycles. The maximum absolute atomic E-state index is 13.1. The highest BCUT2D eigenvalue weighted by molar-refractivity contribution is 9.10. The average Bonchev–Trinajstić information content (AvgIpc) is 2.51. The first-order valence-corrected chi connectivity index (χ1v) is 10.8. The van der Waals surface area contributed by atoms with Crippen LogP contribution >= 0.6 is 15.9 Å². The highest BCUT2D eigenvalue weighted by Crippen LogP contribution is 2.29. The number of amides is 1. The Morgan fingerprint density at radius 1 is 1.04 bits per heavy atom. The summed E-state index contributed by atoms with van der Waals surface area (Å²) in [5, 5.41) is 1.31. The van der Waals surface area contributed by atoms with E-state index in [0.717, 1.165) is 10.0 Å². The van der Waals surface area contributed by atoms with Crippen molar-refractivity contribution in [2.45, 2.75) is 64.2 Å². The molecule has 142 valence electrons. The van der Waals surface area contributed by atoms with E-state index in [1.165, 1.54) is 0 Å². The van der Waals surface area contributed by atoms with Gasteiger partial charge in [0.25, 0.3) is 0 Å². The average molecular weight is 434 g/mol. The minimum Gasteiger partial charge on any atom is -0.447 e. The second-order valence-corrected chi connectivity index (χ2v) is 10.4. The molecule has 0 spiro atoms. The number of sulfone groups is 1. The Morgan fingerprint density at radius 3 is 2.00 bits per heavy atom. The summed E-state index contributed by atoms with van der Waals surface area (Å²) in [5.74, 6) is -0.0541. The molecule has 0 aliphatic carbocycles. The molecular weight excluding hydrogens is 406 g/mol. The van der Waals surface area contributed by atoms with Gasteiger partial charge in [0.1, 0.15) is 0 Å². The summed E-state index contributed by atoms with van der Waals surface area (Å²) in [6, 6.07) is 6.71. The van der Waals surface area contributed by atoms with E-state index in [4.69, 9.17) is 4.74 Å². The summed E-state index contributed by atoms with van der Waals surface area (Å²) in [6.45, 7) is 10.6. The molecule has 7 heteroatoms. The van der Waals surface area contributed by atoms with Crippen LogP contribution in [-0.2, 0) is 14.6 Å². The van der Waals surface area contributed by atoms with Gasteiger partial charge in [-0.2, -0.15) is 0 Å². The van der Waals surface area contributed by atoms with E-state index < -0.39 is 32.5 Å². The fourth-order valence-electron chi connectivity index (χ4n) is 2.66. The Hall–Kier alpha value is -1.08. The topological polar surface area (TPSA) is 72.5 Å².